The van der Waals surface area contributed by atoms with Gasteiger partial charge in [-0.25, -0.2) is 14.6 Å². The van der Waals surface area contributed by atoms with Crippen molar-refractivity contribution >= 4 is 46.3 Å². The van der Waals surface area contributed by atoms with Crippen molar-refractivity contribution in [3.8, 4) is 5.69 Å². The molecule has 0 bridgehead atoms. The number of thioether (sulfide) groups is 1. The molecule has 1 amide bonds. The second-order valence-corrected chi connectivity index (χ2v) is 7.11. The Bertz CT molecular complexity index is 818. The number of nitrogens with one attached hydrogen (secondary N) is 1. The van der Waals surface area contributed by atoms with E-state index in [2.05, 4.69) is 20.4 Å². The van der Waals surface area contributed by atoms with E-state index < -0.39 is 0 Å². The Kier molecular flexibility index (Phi) is 4.94. The molecule has 6 nitrogen and oxygen atoms in total. The Labute approximate surface area is 145 Å². The average molecular weight is 366 g/mol. The van der Waals surface area contributed by atoms with Crippen LogP contribution in [0, 0.1) is 6.92 Å². The fraction of sp³-hybridized carbons (Fsp3) is 0.143. The molecule has 0 aliphatic carbocycles. The molecule has 0 fully saturated rings. The minimum atomic E-state index is -0.133. The van der Waals surface area contributed by atoms with Crippen LogP contribution in [-0.2, 0) is 4.79 Å². The summed E-state index contributed by atoms with van der Waals surface area (Å²) in [6, 6.07) is 5.21. The van der Waals surface area contributed by atoms with E-state index in [1.165, 1.54) is 29.4 Å². The van der Waals surface area contributed by atoms with Crippen LogP contribution in [0.15, 0.2) is 40.6 Å². The first kappa shape index (κ1) is 16.0. The number of amides is 1. The zero-order valence-corrected chi connectivity index (χ0v) is 14.5. The Morgan fingerprint density at radius 1 is 1.48 bits per heavy atom. The molecule has 0 radical (unpaired) electrons. The minimum Gasteiger partial charge on any atom is -0.323 e. The molecule has 0 saturated carbocycles. The first-order valence-electron chi connectivity index (χ1n) is 6.61. The van der Waals surface area contributed by atoms with E-state index in [0.717, 1.165) is 10.0 Å². The Balaban J connectivity index is 1.71. The van der Waals surface area contributed by atoms with Crippen molar-refractivity contribution in [1.82, 2.24) is 19.7 Å². The lowest BCUT2D eigenvalue weighted by Gasteiger charge is -2.11. The molecule has 0 unspecified atom stereocenters. The fourth-order valence-electron chi connectivity index (χ4n) is 1.85. The number of thiazole rings is 1. The zero-order chi connectivity index (χ0) is 16.2. The van der Waals surface area contributed by atoms with E-state index in [4.69, 9.17) is 11.6 Å². The molecule has 2 aromatic heterocycles. The van der Waals surface area contributed by atoms with Crippen LogP contribution in [0.25, 0.3) is 5.69 Å². The van der Waals surface area contributed by atoms with E-state index in [9.17, 15) is 4.79 Å². The predicted molar refractivity (Wildman–Crippen MR) is 92.6 cm³/mol. The quantitative estimate of drug-likeness (QED) is 0.701. The summed E-state index contributed by atoms with van der Waals surface area (Å²) in [4.78, 5) is 20.4. The second kappa shape index (κ2) is 7.12. The smallest absolute Gasteiger partial charge is 0.234 e. The van der Waals surface area contributed by atoms with E-state index in [-0.39, 0.29) is 11.7 Å². The van der Waals surface area contributed by atoms with Gasteiger partial charge in [-0.05, 0) is 25.1 Å². The number of benzene rings is 1. The van der Waals surface area contributed by atoms with Gasteiger partial charge in [0.1, 0.15) is 12.7 Å². The van der Waals surface area contributed by atoms with E-state index >= 15 is 0 Å². The molecule has 9 heteroatoms. The first-order chi connectivity index (χ1) is 11.1. The number of hydrogen-bond acceptors (Lipinski definition) is 6. The molecule has 3 aromatic rings. The van der Waals surface area contributed by atoms with Gasteiger partial charge in [-0.2, -0.15) is 5.10 Å². The lowest BCUT2D eigenvalue weighted by Crippen LogP contribution is -2.16. The maximum atomic E-state index is 12.2. The van der Waals surface area contributed by atoms with Crippen LogP contribution in [0.4, 0.5) is 5.69 Å². The number of carbonyl (C=O) groups excluding carboxylic acids is 1. The number of anilines is 1. The molecule has 23 heavy (non-hydrogen) atoms. The van der Waals surface area contributed by atoms with Crippen molar-refractivity contribution in [1.29, 1.82) is 0 Å². The third-order valence-corrected chi connectivity index (χ3v) is 5.20. The van der Waals surface area contributed by atoms with Gasteiger partial charge in [0, 0.05) is 16.1 Å². The number of nitrogens with zero attached hydrogens (tertiary/aromatic N) is 4. The minimum absolute atomic E-state index is 0.133. The van der Waals surface area contributed by atoms with Gasteiger partial charge in [-0.15, -0.1) is 11.3 Å². The summed E-state index contributed by atoms with van der Waals surface area (Å²) in [6.45, 7) is 1.93. The summed E-state index contributed by atoms with van der Waals surface area (Å²) in [7, 11) is 0. The molecular weight excluding hydrogens is 354 g/mol. The molecule has 1 aromatic carbocycles. The van der Waals surface area contributed by atoms with Crippen molar-refractivity contribution in [2.45, 2.75) is 11.3 Å². The molecule has 3 rings (SSSR count). The van der Waals surface area contributed by atoms with Gasteiger partial charge >= 0.3 is 0 Å². The van der Waals surface area contributed by atoms with Gasteiger partial charge in [0.25, 0.3) is 0 Å². The van der Waals surface area contributed by atoms with Crippen LogP contribution in [0.3, 0.4) is 0 Å². The summed E-state index contributed by atoms with van der Waals surface area (Å²) in [5.74, 6) is 0.141. The van der Waals surface area contributed by atoms with Gasteiger partial charge in [0.15, 0.2) is 4.34 Å². The van der Waals surface area contributed by atoms with Crippen molar-refractivity contribution in [2.24, 2.45) is 0 Å². The molecule has 0 saturated heterocycles. The number of hydrogen-bond donors (Lipinski definition) is 1. The SMILES string of the molecule is Cc1csc(SCC(=O)Nc2cc(Cl)ccc2-n2cncn2)n1. The monoisotopic (exact) mass is 365 g/mol. The van der Waals surface area contributed by atoms with Gasteiger partial charge < -0.3 is 5.32 Å². The summed E-state index contributed by atoms with van der Waals surface area (Å²) in [6.07, 6.45) is 2.99. The maximum absolute atomic E-state index is 12.2. The lowest BCUT2D eigenvalue weighted by atomic mass is 10.2. The van der Waals surface area contributed by atoms with Crippen LogP contribution < -0.4 is 5.32 Å². The van der Waals surface area contributed by atoms with E-state index in [0.29, 0.717) is 16.4 Å². The first-order valence-corrected chi connectivity index (χ1v) is 8.85. The third-order valence-electron chi connectivity index (χ3n) is 2.82. The van der Waals surface area contributed by atoms with Gasteiger partial charge in [0.05, 0.1) is 17.1 Å². The number of aryl methyl sites for hydroxylation is 1. The largest absolute Gasteiger partial charge is 0.323 e. The molecule has 118 valence electrons. The van der Waals surface area contributed by atoms with Crippen molar-refractivity contribution in [2.75, 3.05) is 11.1 Å². The number of carbonyl (C=O) groups is 1. The normalized spacial score (nSPS) is 10.7. The third kappa shape index (κ3) is 4.10. The Morgan fingerprint density at radius 3 is 3.04 bits per heavy atom. The van der Waals surface area contributed by atoms with Gasteiger partial charge in [-0.1, -0.05) is 23.4 Å². The molecule has 2 heterocycles. The Morgan fingerprint density at radius 2 is 2.35 bits per heavy atom. The van der Waals surface area contributed by atoms with Crippen molar-refractivity contribution < 1.29 is 4.79 Å². The van der Waals surface area contributed by atoms with Crippen LogP contribution >= 0.6 is 34.7 Å². The van der Waals surface area contributed by atoms with Crippen molar-refractivity contribution in [3.63, 3.8) is 0 Å². The van der Waals surface area contributed by atoms with Crippen LogP contribution in [-0.4, -0.2) is 31.4 Å². The van der Waals surface area contributed by atoms with E-state index in [1.54, 1.807) is 29.2 Å². The summed E-state index contributed by atoms with van der Waals surface area (Å²) < 4.78 is 2.45. The lowest BCUT2D eigenvalue weighted by molar-refractivity contribution is -0.113. The maximum Gasteiger partial charge on any atom is 0.234 e. The van der Waals surface area contributed by atoms with Crippen LogP contribution in [0.1, 0.15) is 5.69 Å². The average Bonchev–Trinajstić information content (AvgIpc) is 3.17. The van der Waals surface area contributed by atoms with Crippen LogP contribution in [0.2, 0.25) is 5.02 Å². The number of rotatable bonds is 5. The van der Waals surface area contributed by atoms with Gasteiger partial charge in [-0.3, -0.25) is 4.79 Å². The molecule has 0 spiro atoms. The van der Waals surface area contributed by atoms with Crippen molar-refractivity contribution in [3.05, 3.63) is 47.0 Å². The topological polar surface area (TPSA) is 72.7 Å². The summed E-state index contributed by atoms with van der Waals surface area (Å²) in [5.41, 5.74) is 2.25. The highest BCUT2D eigenvalue weighted by molar-refractivity contribution is 8.01. The predicted octanol–water partition coefficient (Wildman–Crippen LogP) is 3.42. The summed E-state index contributed by atoms with van der Waals surface area (Å²) >= 11 is 8.96. The van der Waals surface area contributed by atoms with Gasteiger partial charge in [0.2, 0.25) is 5.91 Å². The second-order valence-electron chi connectivity index (χ2n) is 4.59. The molecule has 1 N–H and O–H groups in total. The van der Waals surface area contributed by atoms with E-state index in [1.807, 2.05) is 12.3 Å². The fourth-order valence-corrected chi connectivity index (χ4v) is 3.67. The highest BCUT2D eigenvalue weighted by Crippen LogP contribution is 2.25. The molecule has 0 aliphatic rings. The highest BCUT2D eigenvalue weighted by atomic mass is 35.5. The number of halogens is 1. The number of aromatic nitrogens is 4. The highest BCUT2D eigenvalue weighted by Gasteiger charge is 2.11. The molecule has 0 atom stereocenters. The molecule has 0 aliphatic heterocycles. The standard InChI is InChI=1S/C14H12ClN5OS2/c1-9-5-22-14(18-9)23-6-13(21)19-11-4-10(15)2-3-12(11)20-8-16-7-17-20/h2-5,7-8H,6H2,1H3,(H,19,21). The Hall–Kier alpha value is -1.90. The zero-order valence-electron chi connectivity index (χ0n) is 12.1. The van der Waals surface area contributed by atoms with Crippen LogP contribution in [0.5, 0.6) is 0 Å². The summed E-state index contributed by atoms with van der Waals surface area (Å²) in [5, 5.41) is 9.43. The molecular formula is C14H12ClN5OS2.